The monoisotopic (exact) mass is 359 g/mol. The number of carbonyl (C=O) groups excluding carboxylic acids is 1. The summed E-state index contributed by atoms with van der Waals surface area (Å²) in [5.74, 6) is 0.472. The molecule has 0 aromatic carbocycles. The van der Waals surface area contributed by atoms with Gasteiger partial charge in [-0.2, -0.15) is 5.26 Å². The van der Waals surface area contributed by atoms with Gasteiger partial charge in [-0.05, 0) is 44.2 Å². The van der Waals surface area contributed by atoms with E-state index in [1.165, 1.54) is 28.7 Å². The second kappa shape index (κ2) is 7.73. The molecular formula is C16H17N5OS2. The molecule has 2 heterocycles. The molecule has 1 amide bonds. The van der Waals surface area contributed by atoms with Gasteiger partial charge in [-0.1, -0.05) is 11.3 Å². The molecule has 2 aromatic rings. The standard InChI is InChI=1S/C16H17N5OS2/c1-10-20-21-16(24-10)19-14(22)6-7-23-15-12(9-17)8-11-4-2-3-5-13(11)18-15/h8H,2-7H2,1H3,(H,19,21,22). The highest BCUT2D eigenvalue weighted by Crippen LogP contribution is 2.27. The number of amides is 1. The summed E-state index contributed by atoms with van der Waals surface area (Å²) in [5, 5.41) is 21.9. The third-order valence-corrected chi connectivity index (χ3v) is 5.47. The Balaban J connectivity index is 1.58. The number of hydrogen-bond acceptors (Lipinski definition) is 7. The molecule has 0 spiro atoms. The number of aromatic nitrogens is 3. The summed E-state index contributed by atoms with van der Waals surface area (Å²) >= 11 is 2.81. The van der Waals surface area contributed by atoms with Crippen molar-refractivity contribution in [3.63, 3.8) is 0 Å². The maximum atomic E-state index is 11.9. The first-order valence-electron chi connectivity index (χ1n) is 7.81. The smallest absolute Gasteiger partial charge is 0.227 e. The van der Waals surface area contributed by atoms with E-state index in [9.17, 15) is 10.1 Å². The molecule has 8 heteroatoms. The second-order valence-corrected chi connectivity index (χ2v) is 7.80. The Kier molecular flexibility index (Phi) is 5.43. The van der Waals surface area contributed by atoms with Crippen molar-refractivity contribution in [1.82, 2.24) is 15.2 Å². The fourth-order valence-corrected chi connectivity index (χ4v) is 4.10. The minimum absolute atomic E-state index is 0.102. The number of nitrogens with one attached hydrogen (secondary N) is 1. The minimum atomic E-state index is -0.102. The van der Waals surface area contributed by atoms with Crippen LogP contribution in [0.1, 0.15) is 41.1 Å². The van der Waals surface area contributed by atoms with E-state index in [1.54, 1.807) is 0 Å². The molecule has 0 atom stereocenters. The van der Waals surface area contributed by atoms with Crippen molar-refractivity contribution in [3.8, 4) is 6.07 Å². The van der Waals surface area contributed by atoms with E-state index >= 15 is 0 Å². The van der Waals surface area contributed by atoms with Gasteiger partial charge in [0.05, 0.1) is 5.56 Å². The van der Waals surface area contributed by atoms with Gasteiger partial charge in [-0.25, -0.2) is 4.98 Å². The van der Waals surface area contributed by atoms with E-state index in [0.717, 1.165) is 41.4 Å². The molecule has 124 valence electrons. The molecule has 6 nitrogen and oxygen atoms in total. The summed E-state index contributed by atoms with van der Waals surface area (Å²) in [5.41, 5.74) is 2.92. The lowest BCUT2D eigenvalue weighted by molar-refractivity contribution is -0.115. The third-order valence-electron chi connectivity index (χ3n) is 3.73. The van der Waals surface area contributed by atoms with Gasteiger partial charge < -0.3 is 5.32 Å². The lowest BCUT2D eigenvalue weighted by atomic mass is 9.95. The zero-order valence-corrected chi connectivity index (χ0v) is 15.0. The van der Waals surface area contributed by atoms with Crippen LogP contribution in [-0.2, 0) is 17.6 Å². The highest BCUT2D eigenvalue weighted by atomic mass is 32.2. The van der Waals surface area contributed by atoms with Crippen LogP contribution in [0.2, 0.25) is 0 Å². The molecule has 0 unspecified atom stereocenters. The molecular weight excluding hydrogens is 342 g/mol. The predicted octanol–water partition coefficient (Wildman–Crippen LogP) is 3.11. The molecule has 2 aromatic heterocycles. The van der Waals surface area contributed by atoms with Crippen molar-refractivity contribution in [2.24, 2.45) is 0 Å². The van der Waals surface area contributed by atoms with Crippen molar-refractivity contribution >= 4 is 34.1 Å². The largest absolute Gasteiger partial charge is 0.301 e. The Morgan fingerprint density at radius 3 is 3.00 bits per heavy atom. The van der Waals surface area contributed by atoms with Crippen LogP contribution in [-0.4, -0.2) is 26.8 Å². The molecule has 0 saturated heterocycles. The number of fused-ring (bicyclic) bond motifs is 1. The van der Waals surface area contributed by atoms with E-state index in [1.807, 2.05) is 13.0 Å². The normalized spacial score (nSPS) is 13.2. The second-order valence-electron chi connectivity index (χ2n) is 5.54. The first-order valence-corrected chi connectivity index (χ1v) is 9.61. The number of hydrogen-bond donors (Lipinski definition) is 1. The molecule has 0 radical (unpaired) electrons. The van der Waals surface area contributed by atoms with E-state index in [4.69, 9.17) is 0 Å². The van der Waals surface area contributed by atoms with E-state index < -0.39 is 0 Å². The lowest BCUT2D eigenvalue weighted by Gasteiger charge is -2.16. The van der Waals surface area contributed by atoms with Crippen molar-refractivity contribution in [3.05, 3.63) is 27.9 Å². The summed E-state index contributed by atoms with van der Waals surface area (Å²) in [6.07, 6.45) is 4.64. The third kappa shape index (κ3) is 4.10. The number of carbonyl (C=O) groups is 1. The maximum absolute atomic E-state index is 11.9. The Morgan fingerprint density at radius 2 is 2.25 bits per heavy atom. The highest BCUT2D eigenvalue weighted by molar-refractivity contribution is 7.99. The highest BCUT2D eigenvalue weighted by Gasteiger charge is 2.16. The van der Waals surface area contributed by atoms with E-state index in [-0.39, 0.29) is 5.91 Å². The van der Waals surface area contributed by atoms with Gasteiger partial charge in [0.1, 0.15) is 16.1 Å². The molecule has 0 bridgehead atoms. The number of aryl methyl sites for hydroxylation is 3. The number of nitrogens with zero attached hydrogens (tertiary/aromatic N) is 4. The maximum Gasteiger partial charge on any atom is 0.227 e. The number of anilines is 1. The number of thioether (sulfide) groups is 1. The fourth-order valence-electron chi connectivity index (χ4n) is 2.57. The van der Waals surface area contributed by atoms with Gasteiger partial charge in [0.25, 0.3) is 0 Å². The minimum Gasteiger partial charge on any atom is -0.301 e. The van der Waals surface area contributed by atoms with Crippen LogP contribution in [0.5, 0.6) is 0 Å². The van der Waals surface area contributed by atoms with Crippen LogP contribution < -0.4 is 5.32 Å². The zero-order chi connectivity index (χ0) is 16.9. The van der Waals surface area contributed by atoms with Gasteiger partial charge in [-0.15, -0.1) is 22.0 Å². The van der Waals surface area contributed by atoms with Crippen LogP contribution in [0.4, 0.5) is 5.13 Å². The summed E-state index contributed by atoms with van der Waals surface area (Å²) in [6, 6.07) is 4.19. The van der Waals surface area contributed by atoms with Crippen molar-refractivity contribution in [2.45, 2.75) is 44.1 Å². The summed E-state index contributed by atoms with van der Waals surface area (Å²) in [4.78, 5) is 16.6. The van der Waals surface area contributed by atoms with Gasteiger partial charge in [0.15, 0.2) is 0 Å². The van der Waals surface area contributed by atoms with Crippen LogP contribution in [0, 0.1) is 18.3 Å². The van der Waals surface area contributed by atoms with Gasteiger partial charge >= 0.3 is 0 Å². The fraction of sp³-hybridized carbons (Fsp3) is 0.438. The quantitative estimate of drug-likeness (QED) is 0.825. The molecule has 1 aliphatic carbocycles. The average molecular weight is 359 g/mol. The van der Waals surface area contributed by atoms with E-state index in [0.29, 0.717) is 22.9 Å². The van der Waals surface area contributed by atoms with Gasteiger partial charge in [0, 0.05) is 17.9 Å². The first kappa shape index (κ1) is 16.9. The van der Waals surface area contributed by atoms with E-state index in [2.05, 4.69) is 26.6 Å². The molecule has 3 rings (SSSR count). The molecule has 1 N–H and O–H groups in total. The van der Waals surface area contributed by atoms with Crippen LogP contribution in [0.25, 0.3) is 0 Å². The number of pyridine rings is 1. The summed E-state index contributed by atoms with van der Waals surface area (Å²) in [6.45, 7) is 1.84. The van der Waals surface area contributed by atoms with Gasteiger partial charge in [0.2, 0.25) is 11.0 Å². The molecule has 0 saturated carbocycles. The van der Waals surface area contributed by atoms with Crippen molar-refractivity contribution < 1.29 is 4.79 Å². The molecule has 1 aliphatic rings. The SMILES string of the molecule is Cc1nnc(NC(=O)CCSc2nc3c(cc2C#N)CCCC3)s1. The zero-order valence-electron chi connectivity index (χ0n) is 13.3. The van der Waals surface area contributed by atoms with Crippen LogP contribution in [0.3, 0.4) is 0 Å². The average Bonchev–Trinajstić information content (AvgIpc) is 2.99. The summed E-state index contributed by atoms with van der Waals surface area (Å²) in [7, 11) is 0. The Morgan fingerprint density at radius 1 is 1.42 bits per heavy atom. The van der Waals surface area contributed by atoms with Crippen LogP contribution in [0.15, 0.2) is 11.1 Å². The predicted molar refractivity (Wildman–Crippen MR) is 94.2 cm³/mol. The summed E-state index contributed by atoms with van der Waals surface area (Å²) < 4.78 is 0. The number of nitriles is 1. The Bertz CT molecular complexity index is 796. The Labute approximate surface area is 148 Å². The number of rotatable bonds is 5. The van der Waals surface area contributed by atoms with Crippen molar-refractivity contribution in [2.75, 3.05) is 11.1 Å². The molecule has 0 aliphatic heterocycles. The van der Waals surface area contributed by atoms with Crippen molar-refractivity contribution in [1.29, 1.82) is 5.26 Å². The Hall–Kier alpha value is -1.98. The first-order chi connectivity index (χ1) is 11.7. The molecule has 24 heavy (non-hydrogen) atoms. The van der Waals surface area contributed by atoms with Gasteiger partial charge in [-0.3, -0.25) is 4.79 Å². The lowest BCUT2D eigenvalue weighted by Crippen LogP contribution is -2.12. The topological polar surface area (TPSA) is 91.6 Å². The molecule has 0 fully saturated rings. The van der Waals surface area contributed by atoms with Crippen LogP contribution >= 0.6 is 23.1 Å².